The van der Waals surface area contributed by atoms with Crippen molar-refractivity contribution in [2.45, 2.75) is 27.3 Å². The number of hydrogen-bond donors (Lipinski definition) is 0. The molecule has 0 unspecified atom stereocenters. The molecule has 122 valence electrons. The minimum atomic E-state index is 0.143. The molecule has 0 saturated heterocycles. The average Bonchev–Trinajstić information content (AvgIpc) is 3.13. The van der Waals surface area contributed by atoms with E-state index in [1.807, 2.05) is 23.0 Å². The van der Waals surface area contributed by atoms with E-state index in [1.54, 1.807) is 10.8 Å². The first-order valence-electron chi connectivity index (χ1n) is 7.74. The summed E-state index contributed by atoms with van der Waals surface area (Å²) in [5, 5.41) is 12.8. The van der Waals surface area contributed by atoms with Crippen molar-refractivity contribution in [1.82, 2.24) is 29.6 Å². The van der Waals surface area contributed by atoms with E-state index < -0.39 is 0 Å². The average molecular weight is 385 g/mol. The SMILES string of the molecule is CC(C)(C)Cn1nnc2c(Br)c(-c3ccn4ncnc4c3)ccc21. The lowest BCUT2D eigenvalue weighted by atomic mass is 9.97. The molecule has 3 heterocycles. The summed E-state index contributed by atoms with van der Waals surface area (Å²) in [6.45, 7) is 7.40. The van der Waals surface area contributed by atoms with E-state index in [0.717, 1.165) is 38.8 Å². The van der Waals surface area contributed by atoms with Crippen LogP contribution in [0.25, 0.3) is 27.8 Å². The summed E-state index contributed by atoms with van der Waals surface area (Å²) < 4.78 is 4.66. The highest BCUT2D eigenvalue weighted by Crippen LogP contribution is 2.34. The third-order valence-corrected chi connectivity index (χ3v) is 4.64. The van der Waals surface area contributed by atoms with Crippen molar-refractivity contribution < 1.29 is 0 Å². The molecule has 3 aromatic heterocycles. The zero-order valence-electron chi connectivity index (χ0n) is 13.7. The van der Waals surface area contributed by atoms with Crippen LogP contribution in [0.4, 0.5) is 0 Å². The van der Waals surface area contributed by atoms with Crippen molar-refractivity contribution in [1.29, 1.82) is 0 Å². The van der Waals surface area contributed by atoms with Crippen molar-refractivity contribution in [3.8, 4) is 11.1 Å². The Morgan fingerprint density at radius 3 is 2.79 bits per heavy atom. The van der Waals surface area contributed by atoms with Crippen molar-refractivity contribution >= 4 is 32.6 Å². The molecule has 6 nitrogen and oxygen atoms in total. The second-order valence-electron chi connectivity index (χ2n) is 7.08. The van der Waals surface area contributed by atoms with Gasteiger partial charge in [-0.25, -0.2) is 14.2 Å². The van der Waals surface area contributed by atoms with Gasteiger partial charge in [-0.3, -0.25) is 0 Å². The summed E-state index contributed by atoms with van der Waals surface area (Å²) in [7, 11) is 0. The number of pyridine rings is 1. The Balaban J connectivity index is 1.84. The molecule has 0 N–H and O–H groups in total. The molecule has 0 spiro atoms. The number of nitrogens with zero attached hydrogens (tertiary/aromatic N) is 6. The quantitative estimate of drug-likeness (QED) is 0.524. The summed E-state index contributed by atoms with van der Waals surface area (Å²) in [5.41, 5.74) is 4.99. The lowest BCUT2D eigenvalue weighted by molar-refractivity contribution is 0.327. The van der Waals surface area contributed by atoms with Crippen LogP contribution < -0.4 is 0 Å². The molecule has 1 aromatic carbocycles. The van der Waals surface area contributed by atoms with Gasteiger partial charge in [0.15, 0.2) is 5.65 Å². The monoisotopic (exact) mass is 384 g/mol. The topological polar surface area (TPSA) is 60.9 Å². The van der Waals surface area contributed by atoms with E-state index in [2.05, 4.69) is 69.2 Å². The summed E-state index contributed by atoms with van der Waals surface area (Å²) in [5.74, 6) is 0. The van der Waals surface area contributed by atoms with Crippen molar-refractivity contribution in [3.05, 3.63) is 41.3 Å². The van der Waals surface area contributed by atoms with Crippen LogP contribution in [-0.4, -0.2) is 29.6 Å². The predicted octanol–water partition coefficient (Wildman–Crippen LogP) is 3.95. The third-order valence-electron chi connectivity index (χ3n) is 3.84. The molecule has 0 aliphatic rings. The molecular weight excluding hydrogens is 368 g/mol. The van der Waals surface area contributed by atoms with Crippen LogP contribution in [0.2, 0.25) is 0 Å². The second-order valence-corrected chi connectivity index (χ2v) is 7.87. The van der Waals surface area contributed by atoms with Gasteiger partial charge in [0.1, 0.15) is 11.8 Å². The van der Waals surface area contributed by atoms with Crippen LogP contribution in [0.1, 0.15) is 20.8 Å². The van der Waals surface area contributed by atoms with Gasteiger partial charge in [-0.1, -0.05) is 32.1 Å². The van der Waals surface area contributed by atoms with E-state index >= 15 is 0 Å². The summed E-state index contributed by atoms with van der Waals surface area (Å²) in [4.78, 5) is 4.25. The highest BCUT2D eigenvalue weighted by Gasteiger charge is 2.17. The zero-order chi connectivity index (χ0) is 16.9. The van der Waals surface area contributed by atoms with E-state index in [4.69, 9.17) is 0 Å². The number of aromatic nitrogens is 6. The fourth-order valence-corrected chi connectivity index (χ4v) is 3.42. The molecule has 0 fully saturated rings. The largest absolute Gasteiger partial charge is 0.244 e. The predicted molar refractivity (Wildman–Crippen MR) is 96.7 cm³/mol. The molecule has 7 heteroatoms. The van der Waals surface area contributed by atoms with E-state index in [1.165, 1.54) is 0 Å². The van der Waals surface area contributed by atoms with Crippen LogP contribution in [0.15, 0.2) is 41.3 Å². The molecule has 0 saturated carbocycles. The lowest BCUT2D eigenvalue weighted by Gasteiger charge is -2.18. The van der Waals surface area contributed by atoms with Crippen LogP contribution >= 0.6 is 15.9 Å². The lowest BCUT2D eigenvalue weighted by Crippen LogP contribution is -2.16. The van der Waals surface area contributed by atoms with Gasteiger partial charge in [0.05, 0.1) is 9.99 Å². The zero-order valence-corrected chi connectivity index (χ0v) is 15.3. The van der Waals surface area contributed by atoms with Gasteiger partial charge in [0.25, 0.3) is 0 Å². The van der Waals surface area contributed by atoms with E-state index in [9.17, 15) is 0 Å². The van der Waals surface area contributed by atoms with Crippen molar-refractivity contribution in [2.24, 2.45) is 5.41 Å². The first-order valence-corrected chi connectivity index (χ1v) is 8.53. The van der Waals surface area contributed by atoms with Crippen molar-refractivity contribution in [2.75, 3.05) is 0 Å². The van der Waals surface area contributed by atoms with Crippen LogP contribution in [0.3, 0.4) is 0 Å². The number of benzene rings is 1. The molecular formula is C17H17BrN6. The summed E-state index contributed by atoms with van der Waals surface area (Å²) in [6.07, 6.45) is 3.46. The van der Waals surface area contributed by atoms with Gasteiger partial charge in [0, 0.05) is 12.7 Å². The third kappa shape index (κ3) is 2.58. The van der Waals surface area contributed by atoms with Gasteiger partial charge in [-0.05, 0) is 50.7 Å². The minimum absolute atomic E-state index is 0.143. The number of rotatable bonds is 2. The molecule has 0 atom stereocenters. The molecule has 0 radical (unpaired) electrons. The van der Waals surface area contributed by atoms with Crippen LogP contribution in [-0.2, 0) is 6.54 Å². The molecule has 0 bridgehead atoms. The summed E-state index contributed by atoms with van der Waals surface area (Å²) >= 11 is 3.71. The fraction of sp³-hybridized carbons (Fsp3) is 0.294. The minimum Gasteiger partial charge on any atom is -0.244 e. The maximum atomic E-state index is 4.37. The number of hydrogen-bond acceptors (Lipinski definition) is 4. The Morgan fingerprint density at radius 2 is 2.00 bits per heavy atom. The molecule has 0 aliphatic heterocycles. The standard InChI is InChI=1S/C17H17BrN6/c1-17(2,3)9-24-13-5-4-12(15(18)16(13)21-22-24)11-6-7-23-14(8-11)19-10-20-23/h4-8,10H,9H2,1-3H3. The van der Waals surface area contributed by atoms with Gasteiger partial charge in [-0.2, -0.15) is 5.10 Å². The fourth-order valence-electron chi connectivity index (χ4n) is 2.78. The van der Waals surface area contributed by atoms with Crippen LogP contribution in [0, 0.1) is 5.41 Å². The molecule has 0 amide bonds. The van der Waals surface area contributed by atoms with Gasteiger partial charge >= 0.3 is 0 Å². The molecule has 0 aliphatic carbocycles. The maximum absolute atomic E-state index is 4.37. The Hall–Kier alpha value is -2.28. The Bertz CT molecular complexity index is 1040. The molecule has 4 rings (SSSR count). The molecule has 24 heavy (non-hydrogen) atoms. The van der Waals surface area contributed by atoms with Gasteiger partial charge in [0.2, 0.25) is 0 Å². The smallest absolute Gasteiger partial charge is 0.155 e. The van der Waals surface area contributed by atoms with Gasteiger partial charge in [-0.15, -0.1) is 5.10 Å². The highest BCUT2D eigenvalue weighted by atomic mass is 79.9. The summed E-state index contributed by atoms with van der Waals surface area (Å²) in [6, 6.07) is 8.21. The van der Waals surface area contributed by atoms with Crippen molar-refractivity contribution in [3.63, 3.8) is 0 Å². The molecule has 4 aromatic rings. The van der Waals surface area contributed by atoms with Crippen LogP contribution in [0.5, 0.6) is 0 Å². The Labute approximate surface area is 147 Å². The first-order chi connectivity index (χ1) is 11.4. The first kappa shape index (κ1) is 15.3. The highest BCUT2D eigenvalue weighted by molar-refractivity contribution is 9.10. The second kappa shape index (κ2) is 5.37. The normalized spacial score (nSPS) is 12.3. The number of halogens is 1. The number of fused-ring (bicyclic) bond motifs is 2. The van der Waals surface area contributed by atoms with E-state index in [-0.39, 0.29) is 5.41 Å². The maximum Gasteiger partial charge on any atom is 0.155 e. The Morgan fingerprint density at radius 1 is 1.17 bits per heavy atom. The van der Waals surface area contributed by atoms with Gasteiger partial charge < -0.3 is 0 Å². The Kier molecular flexibility index (Phi) is 3.42. The van der Waals surface area contributed by atoms with E-state index in [0.29, 0.717) is 0 Å².